The minimum absolute atomic E-state index is 0.00249. The second-order valence-electron chi connectivity index (χ2n) is 6.60. The average Bonchev–Trinajstić information content (AvgIpc) is 3.35. The summed E-state index contributed by atoms with van der Waals surface area (Å²) in [5, 5.41) is 4.69. The Morgan fingerprint density at radius 1 is 1.27 bits per heavy atom. The number of furan rings is 1. The van der Waals surface area contributed by atoms with Crippen LogP contribution in [0.5, 0.6) is 0 Å². The number of carbonyl (C=O) groups is 1. The van der Waals surface area contributed by atoms with Gasteiger partial charge in [0.1, 0.15) is 5.76 Å². The molecule has 0 aliphatic heterocycles. The highest BCUT2D eigenvalue weighted by atomic mass is 127. The number of aryl methyl sites for hydroxylation is 1. The Morgan fingerprint density at radius 2 is 2.15 bits per heavy atom. The molecule has 0 fully saturated rings. The van der Waals surface area contributed by atoms with E-state index in [-0.39, 0.29) is 5.91 Å². The number of halogens is 1. The summed E-state index contributed by atoms with van der Waals surface area (Å²) in [5.74, 6) is 0.772. The second kappa shape index (κ2) is 7.26. The minimum Gasteiger partial charge on any atom is -0.467 e. The average molecular weight is 461 g/mol. The highest BCUT2D eigenvalue weighted by Gasteiger charge is 2.25. The Morgan fingerprint density at radius 3 is 2.92 bits per heavy atom. The molecule has 0 bridgehead atoms. The number of nitrogens with zero attached hydrogens (tertiary/aromatic N) is 3. The number of amides is 1. The van der Waals surface area contributed by atoms with E-state index in [0.717, 1.165) is 34.3 Å². The Bertz CT molecular complexity index is 931. The molecule has 0 saturated heterocycles. The van der Waals surface area contributed by atoms with E-state index in [1.165, 1.54) is 11.3 Å². The van der Waals surface area contributed by atoms with Gasteiger partial charge in [-0.2, -0.15) is 5.10 Å². The van der Waals surface area contributed by atoms with Crippen LogP contribution in [0.25, 0.3) is 0 Å². The first-order valence-electron chi connectivity index (χ1n) is 8.72. The van der Waals surface area contributed by atoms with E-state index in [0.29, 0.717) is 18.7 Å². The maximum Gasteiger partial charge on any atom is 0.254 e. The van der Waals surface area contributed by atoms with Crippen molar-refractivity contribution in [2.75, 3.05) is 0 Å². The predicted octanol–water partition coefficient (Wildman–Crippen LogP) is 3.95. The van der Waals surface area contributed by atoms with Gasteiger partial charge in [0.25, 0.3) is 5.91 Å². The molecule has 4 rings (SSSR count). The number of carbonyl (C=O) groups excluding carboxylic acids is 1. The Kier molecular flexibility index (Phi) is 4.84. The molecule has 2 aromatic heterocycles. The van der Waals surface area contributed by atoms with Crippen molar-refractivity contribution < 1.29 is 9.21 Å². The monoisotopic (exact) mass is 461 g/mol. The molecule has 1 aromatic carbocycles. The fraction of sp³-hybridized carbons (Fsp3) is 0.300. The highest BCUT2D eigenvalue weighted by molar-refractivity contribution is 14.1. The number of aromatic nitrogens is 2. The van der Waals surface area contributed by atoms with E-state index < -0.39 is 0 Å². The fourth-order valence-corrected chi connectivity index (χ4v) is 4.14. The fourth-order valence-electron chi connectivity index (χ4n) is 3.60. The van der Waals surface area contributed by atoms with Gasteiger partial charge < -0.3 is 9.32 Å². The van der Waals surface area contributed by atoms with Crippen LogP contribution in [0, 0.1) is 3.57 Å². The standard InChI is InChI=1S/C20H20IN3O2/c1-23-19-9-3-8-17(19)18(22-23)13-24(12-16-7-4-10-26-16)20(25)14-5-2-6-15(21)11-14/h2,4-7,10-11H,3,8-9,12-13H2,1H3. The number of hydrogen-bond acceptors (Lipinski definition) is 3. The number of hydrogen-bond donors (Lipinski definition) is 0. The third kappa shape index (κ3) is 3.42. The zero-order valence-corrected chi connectivity index (χ0v) is 16.8. The maximum atomic E-state index is 13.2. The van der Waals surface area contributed by atoms with Crippen LogP contribution in [-0.2, 0) is 33.0 Å². The van der Waals surface area contributed by atoms with Crippen LogP contribution in [0.15, 0.2) is 47.1 Å². The van der Waals surface area contributed by atoms with Gasteiger partial charge in [-0.05, 0) is 77.7 Å². The molecule has 0 atom stereocenters. The molecule has 134 valence electrons. The Hall–Kier alpha value is -2.09. The van der Waals surface area contributed by atoms with E-state index in [1.807, 2.05) is 53.0 Å². The molecule has 1 aliphatic rings. The first-order valence-corrected chi connectivity index (χ1v) is 9.80. The van der Waals surface area contributed by atoms with E-state index in [2.05, 4.69) is 27.7 Å². The van der Waals surface area contributed by atoms with Gasteiger partial charge in [0.05, 0.1) is 25.0 Å². The van der Waals surface area contributed by atoms with Gasteiger partial charge in [-0.25, -0.2) is 0 Å². The van der Waals surface area contributed by atoms with E-state index >= 15 is 0 Å². The first-order chi connectivity index (χ1) is 12.6. The third-order valence-electron chi connectivity index (χ3n) is 4.82. The maximum absolute atomic E-state index is 13.2. The SMILES string of the molecule is Cn1nc(CN(Cc2ccco2)C(=O)c2cccc(I)c2)c2c1CCC2. The number of rotatable bonds is 5. The van der Waals surface area contributed by atoms with E-state index in [1.54, 1.807) is 6.26 Å². The molecule has 2 heterocycles. The van der Waals surface area contributed by atoms with Crippen molar-refractivity contribution in [2.24, 2.45) is 7.05 Å². The molecule has 6 heteroatoms. The van der Waals surface area contributed by atoms with Crippen molar-refractivity contribution in [3.8, 4) is 0 Å². The van der Waals surface area contributed by atoms with Crippen LogP contribution < -0.4 is 0 Å². The zero-order valence-electron chi connectivity index (χ0n) is 14.6. The molecule has 5 nitrogen and oxygen atoms in total. The molecule has 26 heavy (non-hydrogen) atoms. The number of benzene rings is 1. The largest absolute Gasteiger partial charge is 0.467 e. The minimum atomic E-state index is -0.00249. The molecule has 0 radical (unpaired) electrons. The molecular formula is C20H20IN3O2. The molecular weight excluding hydrogens is 441 g/mol. The lowest BCUT2D eigenvalue weighted by atomic mass is 10.1. The normalized spacial score (nSPS) is 13.0. The van der Waals surface area contributed by atoms with Crippen molar-refractivity contribution in [3.63, 3.8) is 0 Å². The van der Waals surface area contributed by atoms with Crippen molar-refractivity contribution in [3.05, 3.63) is 74.5 Å². The van der Waals surface area contributed by atoms with Gasteiger partial charge in [0, 0.05) is 21.9 Å². The molecule has 1 aliphatic carbocycles. The summed E-state index contributed by atoms with van der Waals surface area (Å²) in [5.41, 5.74) is 4.31. The van der Waals surface area contributed by atoms with Gasteiger partial charge in [-0.1, -0.05) is 6.07 Å². The summed E-state index contributed by atoms with van der Waals surface area (Å²) in [6, 6.07) is 11.4. The molecule has 0 N–H and O–H groups in total. The topological polar surface area (TPSA) is 51.3 Å². The summed E-state index contributed by atoms with van der Waals surface area (Å²) >= 11 is 2.23. The Labute approximate surface area is 166 Å². The van der Waals surface area contributed by atoms with E-state index in [4.69, 9.17) is 4.42 Å². The predicted molar refractivity (Wildman–Crippen MR) is 107 cm³/mol. The van der Waals surface area contributed by atoms with Gasteiger partial charge >= 0.3 is 0 Å². The first kappa shape index (κ1) is 17.3. The highest BCUT2D eigenvalue weighted by Crippen LogP contribution is 2.26. The molecule has 3 aromatic rings. The van der Waals surface area contributed by atoms with Crippen LogP contribution in [0.2, 0.25) is 0 Å². The van der Waals surface area contributed by atoms with Crippen molar-refractivity contribution in [1.29, 1.82) is 0 Å². The summed E-state index contributed by atoms with van der Waals surface area (Å²) in [4.78, 5) is 15.0. The van der Waals surface area contributed by atoms with Crippen LogP contribution in [-0.4, -0.2) is 20.6 Å². The lowest BCUT2D eigenvalue weighted by molar-refractivity contribution is 0.0714. The van der Waals surface area contributed by atoms with Crippen LogP contribution in [0.3, 0.4) is 0 Å². The van der Waals surface area contributed by atoms with Gasteiger partial charge in [0.15, 0.2) is 0 Å². The quantitative estimate of drug-likeness (QED) is 0.541. The van der Waals surface area contributed by atoms with E-state index in [9.17, 15) is 4.79 Å². The summed E-state index contributed by atoms with van der Waals surface area (Å²) in [6.07, 6.45) is 4.92. The van der Waals surface area contributed by atoms with Crippen molar-refractivity contribution >= 4 is 28.5 Å². The van der Waals surface area contributed by atoms with Gasteiger partial charge in [-0.15, -0.1) is 0 Å². The lowest BCUT2D eigenvalue weighted by Gasteiger charge is -2.21. The van der Waals surface area contributed by atoms with Crippen LogP contribution >= 0.6 is 22.6 Å². The summed E-state index contributed by atoms with van der Waals surface area (Å²) in [6.45, 7) is 0.927. The summed E-state index contributed by atoms with van der Waals surface area (Å²) < 4.78 is 8.51. The van der Waals surface area contributed by atoms with Gasteiger partial charge in [-0.3, -0.25) is 9.48 Å². The zero-order chi connectivity index (χ0) is 18.1. The molecule has 1 amide bonds. The third-order valence-corrected chi connectivity index (χ3v) is 5.50. The smallest absolute Gasteiger partial charge is 0.254 e. The van der Waals surface area contributed by atoms with Crippen LogP contribution in [0.4, 0.5) is 0 Å². The lowest BCUT2D eigenvalue weighted by Crippen LogP contribution is -2.30. The second-order valence-corrected chi connectivity index (χ2v) is 7.85. The van der Waals surface area contributed by atoms with Crippen LogP contribution in [0.1, 0.15) is 39.5 Å². The van der Waals surface area contributed by atoms with Crippen molar-refractivity contribution in [2.45, 2.75) is 32.4 Å². The van der Waals surface area contributed by atoms with Gasteiger partial charge in [0.2, 0.25) is 0 Å². The Balaban J connectivity index is 1.65. The number of fused-ring (bicyclic) bond motifs is 1. The molecule has 0 saturated carbocycles. The molecule has 0 spiro atoms. The van der Waals surface area contributed by atoms with Crippen molar-refractivity contribution in [1.82, 2.24) is 14.7 Å². The molecule has 0 unspecified atom stereocenters. The summed E-state index contributed by atoms with van der Waals surface area (Å²) in [7, 11) is 1.99.